The van der Waals surface area contributed by atoms with Gasteiger partial charge in [0.2, 0.25) is 0 Å². The van der Waals surface area contributed by atoms with E-state index in [9.17, 15) is 9.59 Å². The van der Waals surface area contributed by atoms with Crippen molar-refractivity contribution in [3.05, 3.63) is 54.1 Å². The highest BCUT2D eigenvalue weighted by atomic mass is 16.5. The van der Waals surface area contributed by atoms with Crippen LogP contribution in [0.25, 0.3) is 0 Å². The largest absolute Gasteiger partial charge is 0.494 e. The zero-order valence-corrected chi connectivity index (χ0v) is 15.5. The van der Waals surface area contributed by atoms with Crippen LogP contribution in [0, 0.1) is 0 Å². The normalized spacial score (nSPS) is 10.0. The fourth-order valence-corrected chi connectivity index (χ4v) is 2.28. The fourth-order valence-electron chi connectivity index (χ4n) is 2.28. The van der Waals surface area contributed by atoms with Crippen molar-refractivity contribution in [2.45, 2.75) is 13.8 Å². The SMILES string of the molecule is CCOC(=O)c1ccccc1NC(=O)NCCOc1ccc(OCC)cc1. The number of esters is 1. The number of para-hydroxylation sites is 1. The predicted molar refractivity (Wildman–Crippen MR) is 103 cm³/mol. The van der Waals surface area contributed by atoms with Crippen molar-refractivity contribution in [3.63, 3.8) is 0 Å². The number of hydrogen-bond acceptors (Lipinski definition) is 5. The molecule has 0 radical (unpaired) electrons. The number of carbonyl (C=O) groups is 2. The van der Waals surface area contributed by atoms with Gasteiger partial charge >= 0.3 is 12.0 Å². The minimum absolute atomic E-state index is 0.266. The third kappa shape index (κ3) is 6.54. The first-order valence-corrected chi connectivity index (χ1v) is 8.80. The molecule has 144 valence electrons. The molecule has 0 aromatic heterocycles. The van der Waals surface area contributed by atoms with Gasteiger partial charge in [0, 0.05) is 0 Å². The van der Waals surface area contributed by atoms with E-state index in [1.165, 1.54) is 0 Å². The molecule has 27 heavy (non-hydrogen) atoms. The van der Waals surface area contributed by atoms with Crippen molar-refractivity contribution in [1.29, 1.82) is 0 Å². The molecule has 0 saturated carbocycles. The summed E-state index contributed by atoms with van der Waals surface area (Å²) in [5, 5.41) is 5.33. The van der Waals surface area contributed by atoms with Crippen LogP contribution in [0.4, 0.5) is 10.5 Å². The summed E-state index contributed by atoms with van der Waals surface area (Å²) in [6.07, 6.45) is 0. The molecule has 0 saturated heterocycles. The standard InChI is InChI=1S/C20H24N2O5/c1-3-25-15-9-11-16(12-10-15)27-14-13-21-20(24)22-18-8-6-5-7-17(18)19(23)26-4-2/h5-12H,3-4,13-14H2,1-2H3,(H2,21,22,24). The molecule has 2 rings (SSSR count). The summed E-state index contributed by atoms with van der Waals surface area (Å²) in [4.78, 5) is 23.9. The molecule has 2 aromatic rings. The number of amides is 2. The average Bonchev–Trinajstić information content (AvgIpc) is 2.67. The Labute approximate surface area is 158 Å². The number of rotatable bonds is 9. The van der Waals surface area contributed by atoms with E-state index >= 15 is 0 Å². The number of benzene rings is 2. The number of ether oxygens (including phenoxy) is 3. The summed E-state index contributed by atoms with van der Waals surface area (Å²) in [5.41, 5.74) is 0.695. The molecule has 7 heteroatoms. The minimum atomic E-state index is -0.479. The van der Waals surface area contributed by atoms with Crippen molar-refractivity contribution in [1.82, 2.24) is 5.32 Å². The van der Waals surface area contributed by atoms with E-state index in [1.54, 1.807) is 43.3 Å². The van der Waals surface area contributed by atoms with E-state index in [4.69, 9.17) is 14.2 Å². The summed E-state index contributed by atoms with van der Waals surface area (Å²) >= 11 is 0. The number of urea groups is 1. The molecule has 2 N–H and O–H groups in total. The Morgan fingerprint density at radius 1 is 0.889 bits per heavy atom. The zero-order chi connectivity index (χ0) is 19.5. The first kappa shape index (κ1) is 20.1. The van der Waals surface area contributed by atoms with Crippen molar-refractivity contribution >= 4 is 17.7 Å². The van der Waals surface area contributed by atoms with Crippen molar-refractivity contribution < 1.29 is 23.8 Å². The predicted octanol–water partition coefficient (Wildman–Crippen LogP) is 3.46. The van der Waals surface area contributed by atoms with Crippen LogP contribution in [0.5, 0.6) is 11.5 Å². The summed E-state index contributed by atoms with van der Waals surface area (Å²) in [5.74, 6) is 0.989. The van der Waals surface area contributed by atoms with Gasteiger partial charge in [0.15, 0.2) is 0 Å². The molecule has 2 amide bonds. The Hall–Kier alpha value is -3.22. The van der Waals surface area contributed by atoms with Gasteiger partial charge in [-0.1, -0.05) is 12.1 Å². The van der Waals surface area contributed by atoms with Gasteiger partial charge in [-0.3, -0.25) is 0 Å². The lowest BCUT2D eigenvalue weighted by molar-refractivity contribution is 0.0527. The highest BCUT2D eigenvalue weighted by molar-refractivity contribution is 6.00. The van der Waals surface area contributed by atoms with Gasteiger partial charge in [0.25, 0.3) is 0 Å². The average molecular weight is 372 g/mol. The lowest BCUT2D eigenvalue weighted by atomic mass is 10.2. The lowest BCUT2D eigenvalue weighted by Gasteiger charge is -2.12. The first-order chi connectivity index (χ1) is 13.1. The molecule has 0 spiro atoms. The maximum absolute atomic E-state index is 12.0. The molecule has 0 unspecified atom stereocenters. The van der Waals surface area contributed by atoms with Gasteiger partial charge in [-0.2, -0.15) is 0 Å². The van der Waals surface area contributed by atoms with Crippen LogP contribution < -0.4 is 20.1 Å². The van der Waals surface area contributed by atoms with Crippen LogP contribution in [-0.4, -0.2) is 38.4 Å². The summed E-state index contributed by atoms with van der Waals surface area (Å²) in [6, 6.07) is 13.5. The summed E-state index contributed by atoms with van der Waals surface area (Å²) in [7, 11) is 0. The van der Waals surface area contributed by atoms with Crippen molar-refractivity contribution in [2.75, 3.05) is 31.7 Å². The van der Waals surface area contributed by atoms with Crippen LogP contribution in [0.15, 0.2) is 48.5 Å². The Kier molecular flexibility index (Phi) is 7.96. The van der Waals surface area contributed by atoms with Gasteiger partial charge in [0.1, 0.15) is 18.1 Å². The van der Waals surface area contributed by atoms with E-state index in [-0.39, 0.29) is 6.61 Å². The number of carbonyl (C=O) groups excluding carboxylic acids is 2. The lowest BCUT2D eigenvalue weighted by Crippen LogP contribution is -2.32. The Balaban J connectivity index is 1.77. The Morgan fingerprint density at radius 3 is 2.22 bits per heavy atom. The third-order valence-electron chi connectivity index (χ3n) is 3.46. The molecule has 0 aliphatic heterocycles. The highest BCUT2D eigenvalue weighted by Crippen LogP contribution is 2.17. The van der Waals surface area contributed by atoms with E-state index in [0.717, 1.165) is 5.75 Å². The number of nitrogens with one attached hydrogen (secondary N) is 2. The maximum atomic E-state index is 12.0. The van der Waals surface area contributed by atoms with E-state index in [2.05, 4.69) is 10.6 Å². The second-order valence-corrected chi connectivity index (χ2v) is 5.40. The molecule has 2 aromatic carbocycles. The van der Waals surface area contributed by atoms with Gasteiger partial charge < -0.3 is 24.8 Å². The molecular weight excluding hydrogens is 348 g/mol. The molecule has 0 bridgehead atoms. The molecule has 0 atom stereocenters. The van der Waals surface area contributed by atoms with E-state index < -0.39 is 12.0 Å². The first-order valence-electron chi connectivity index (χ1n) is 8.80. The Bertz CT molecular complexity index is 746. The topological polar surface area (TPSA) is 85.9 Å². The zero-order valence-electron chi connectivity index (χ0n) is 15.5. The monoisotopic (exact) mass is 372 g/mol. The summed E-state index contributed by atoms with van der Waals surface area (Å²) < 4.78 is 15.9. The second kappa shape index (κ2) is 10.7. The van der Waals surface area contributed by atoms with Crippen molar-refractivity contribution in [3.8, 4) is 11.5 Å². The van der Waals surface area contributed by atoms with Gasteiger partial charge in [-0.15, -0.1) is 0 Å². The fraction of sp³-hybridized carbons (Fsp3) is 0.300. The minimum Gasteiger partial charge on any atom is -0.494 e. The van der Waals surface area contributed by atoms with Crippen LogP contribution in [0.3, 0.4) is 0 Å². The summed E-state index contributed by atoms with van der Waals surface area (Å²) in [6.45, 7) is 5.14. The number of anilines is 1. The van der Waals surface area contributed by atoms with Crippen LogP contribution in [0.1, 0.15) is 24.2 Å². The van der Waals surface area contributed by atoms with Gasteiger partial charge in [-0.05, 0) is 50.2 Å². The third-order valence-corrected chi connectivity index (χ3v) is 3.46. The Morgan fingerprint density at radius 2 is 1.56 bits per heavy atom. The van der Waals surface area contributed by atoms with E-state index in [0.29, 0.717) is 36.8 Å². The molecule has 0 aliphatic carbocycles. The smallest absolute Gasteiger partial charge is 0.340 e. The van der Waals surface area contributed by atoms with Gasteiger partial charge in [-0.25, -0.2) is 9.59 Å². The highest BCUT2D eigenvalue weighted by Gasteiger charge is 2.13. The molecule has 7 nitrogen and oxygen atoms in total. The second-order valence-electron chi connectivity index (χ2n) is 5.40. The van der Waals surface area contributed by atoms with Crippen LogP contribution in [0.2, 0.25) is 0 Å². The maximum Gasteiger partial charge on any atom is 0.340 e. The number of hydrogen-bond donors (Lipinski definition) is 2. The molecule has 0 aliphatic rings. The quantitative estimate of drug-likeness (QED) is 0.520. The van der Waals surface area contributed by atoms with Crippen LogP contribution >= 0.6 is 0 Å². The molecular formula is C20H24N2O5. The van der Waals surface area contributed by atoms with E-state index in [1.807, 2.05) is 19.1 Å². The molecule has 0 heterocycles. The van der Waals surface area contributed by atoms with Gasteiger partial charge in [0.05, 0.1) is 31.0 Å². The van der Waals surface area contributed by atoms with Crippen molar-refractivity contribution in [2.24, 2.45) is 0 Å². The molecule has 0 fully saturated rings. The van der Waals surface area contributed by atoms with Crippen LogP contribution in [-0.2, 0) is 4.74 Å².